The highest BCUT2D eigenvalue weighted by Crippen LogP contribution is 2.48. The lowest BCUT2D eigenvalue weighted by atomic mass is 9.78. The predicted molar refractivity (Wildman–Crippen MR) is 121 cm³/mol. The number of carbonyl (C=O) groups is 2. The normalized spacial score (nSPS) is 24.6. The van der Waals surface area contributed by atoms with Crippen molar-refractivity contribution >= 4 is 17.5 Å². The average molecular weight is 477 g/mol. The van der Waals surface area contributed by atoms with E-state index in [1.165, 1.54) is 6.07 Å². The molecule has 3 fully saturated rings. The Kier molecular flexibility index (Phi) is 6.54. The molecular weight excluding hydrogens is 445 g/mol. The first kappa shape index (κ1) is 24.4. The average Bonchev–Trinajstić information content (AvgIpc) is 3.41. The third-order valence-corrected chi connectivity index (χ3v) is 7.80. The quantitative estimate of drug-likeness (QED) is 0.701. The Bertz CT molecular complexity index is 991. The van der Waals surface area contributed by atoms with Crippen molar-refractivity contribution in [3.63, 3.8) is 0 Å². The Balaban J connectivity index is 1.46. The number of alkyl halides is 3. The molecule has 2 atom stereocenters. The minimum atomic E-state index is -4.59. The van der Waals surface area contributed by atoms with E-state index in [2.05, 4.69) is 5.32 Å². The van der Waals surface area contributed by atoms with Crippen LogP contribution in [0.15, 0.2) is 18.2 Å². The third kappa shape index (κ3) is 4.73. The molecule has 2 aliphatic heterocycles. The van der Waals surface area contributed by atoms with Gasteiger partial charge in [0.2, 0.25) is 11.8 Å². The second kappa shape index (κ2) is 9.12. The second-order valence-electron chi connectivity index (χ2n) is 10.1. The number of hydrogen-bond acceptors (Lipinski definition) is 4. The molecule has 3 aliphatic rings. The highest BCUT2D eigenvalue weighted by molar-refractivity contribution is 5.87. The van der Waals surface area contributed by atoms with Crippen molar-refractivity contribution in [2.45, 2.75) is 45.7 Å². The molecule has 1 aromatic carbocycles. The van der Waals surface area contributed by atoms with Gasteiger partial charge in [-0.05, 0) is 62.6 Å². The van der Waals surface area contributed by atoms with Crippen LogP contribution in [-0.4, -0.2) is 49.4 Å². The van der Waals surface area contributed by atoms with Gasteiger partial charge >= 0.3 is 6.18 Å². The van der Waals surface area contributed by atoms with E-state index in [0.29, 0.717) is 38.4 Å². The van der Waals surface area contributed by atoms with E-state index in [1.54, 1.807) is 12.1 Å². The van der Waals surface area contributed by atoms with E-state index in [0.717, 1.165) is 31.7 Å². The summed E-state index contributed by atoms with van der Waals surface area (Å²) >= 11 is 0. The van der Waals surface area contributed by atoms with Gasteiger partial charge in [0.05, 0.1) is 23.1 Å². The first-order valence-electron chi connectivity index (χ1n) is 12.0. The first-order chi connectivity index (χ1) is 16.1. The summed E-state index contributed by atoms with van der Waals surface area (Å²) in [6.07, 6.45) is -1.33. The zero-order valence-corrected chi connectivity index (χ0v) is 19.6. The molecule has 1 saturated carbocycles. The summed E-state index contributed by atoms with van der Waals surface area (Å²) in [6, 6.07) is 5.48. The number of rotatable bonds is 5. The van der Waals surface area contributed by atoms with Crippen molar-refractivity contribution < 1.29 is 22.8 Å². The Morgan fingerprint density at radius 3 is 2.44 bits per heavy atom. The Morgan fingerprint density at radius 1 is 1.21 bits per heavy atom. The van der Waals surface area contributed by atoms with Crippen LogP contribution in [0.2, 0.25) is 0 Å². The van der Waals surface area contributed by atoms with Crippen LogP contribution in [-0.2, 0) is 15.8 Å². The minimum absolute atomic E-state index is 0.0203. The van der Waals surface area contributed by atoms with Gasteiger partial charge in [-0.1, -0.05) is 6.92 Å². The van der Waals surface area contributed by atoms with Crippen LogP contribution in [0.25, 0.3) is 0 Å². The number of halogens is 3. The molecule has 34 heavy (non-hydrogen) atoms. The first-order valence-corrected chi connectivity index (χ1v) is 12.0. The summed E-state index contributed by atoms with van der Waals surface area (Å²) in [6.45, 7) is 6.53. The molecule has 0 aromatic heterocycles. The van der Waals surface area contributed by atoms with E-state index in [4.69, 9.17) is 5.26 Å². The summed E-state index contributed by atoms with van der Waals surface area (Å²) < 4.78 is 40.1. The number of anilines is 1. The van der Waals surface area contributed by atoms with Crippen molar-refractivity contribution in [3.05, 3.63) is 29.3 Å². The van der Waals surface area contributed by atoms with Crippen molar-refractivity contribution in [1.29, 1.82) is 5.26 Å². The number of benzene rings is 1. The molecule has 1 aromatic rings. The van der Waals surface area contributed by atoms with Crippen molar-refractivity contribution in [2.75, 3.05) is 37.6 Å². The van der Waals surface area contributed by atoms with Crippen LogP contribution >= 0.6 is 0 Å². The lowest BCUT2D eigenvalue weighted by Crippen LogP contribution is -2.41. The van der Waals surface area contributed by atoms with Gasteiger partial charge in [-0.25, -0.2) is 0 Å². The molecular formula is C25H31F3N4O2. The van der Waals surface area contributed by atoms with Crippen LogP contribution in [0.4, 0.5) is 18.9 Å². The molecule has 9 heteroatoms. The molecule has 0 unspecified atom stereocenters. The standard InChI is InChI=1S/C25H31F3N4O2/c1-3-30-22(33)20-15-32(23(34)24(2)8-9-24)14-19(20)16-6-10-31(11-7-16)18-5-4-17(13-29)21(12-18)25(26,27)28/h4-5,12,16,19-20H,3,6-11,14-15H2,1-2H3,(H,30,33)/t19-,20+/m0/s1. The smallest absolute Gasteiger partial charge is 0.372 e. The molecule has 0 spiro atoms. The Labute approximate surface area is 198 Å². The number of nitrogens with one attached hydrogen (secondary N) is 1. The molecule has 0 bridgehead atoms. The SMILES string of the molecule is CCNC(=O)[C@@H]1CN(C(=O)C2(C)CC2)C[C@H]1C1CCN(c2ccc(C#N)c(C(F)(F)F)c2)CC1. The van der Waals surface area contributed by atoms with Gasteiger partial charge in [-0.2, -0.15) is 18.4 Å². The van der Waals surface area contributed by atoms with Gasteiger partial charge in [0.1, 0.15) is 0 Å². The lowest BCUT2D eigenvalue weighted by Gasteiger charge is -2.37. The van der Waals surface area contributed by atoms with Crippen LogP contribution in [0.5, 0.6) is 0 Å². The van der Waals surface area contributed by atoms with Crippen LogP contribution in [0.3, 0.4) is 0 Å². The Hall–Kier alpha value is -2.76. The maximum absolute atomic E-state index is 13.4. The van der Waals surface area contributed by atoms with E-state index in [9.17, 15) is 22.8 Å². The highest BCUT2D eigenvalue weighted by atomic mass is 19.4. The molecule has 6 nitrogen and oxygen atoms in total. The van der Waals surface area contributed by atoms with Crippen LogP contribution in [0.1, 0.15) is 50.7 Å². The van der Waals surface area contributed by atoms with E-state index in [-0.39, 0.29) is 40.5 Å². The fourth-order valence-electron chi connectivity index (χ4n) is 5.49. The number of carbonyl (C=O) groups excluding carboxylic acids is 2. The van der Waals surface area contributed by atoms with Gasteiger partial charge in [0, 0.05) is 43.8 Å². The molecule has 2 amide bonds. The highest BCUT2D eigenvalue weighted by Gasteiger charge is 2.51. The third-order valence-electron chi connectivity index (χ3n) is 7.80. The number of likely N-dealkylation sites (tertiary alicyclic amines) is 1. The number of piperidine rings is 1. The monoisotopic (exact) mass is 476 g/mol. The number of hydrogen-bond donors (Lipinski definition) is 1. The largest absolute Gasteiger partial charge is 0.417 e. The molecule has 2 heterocycles. The van der Waals surface area contributed by atoms with Crippen molar-refractivity contribution in [2.24, 2.45) is 23.2 Å². The second-order valence-corrected chi connectivity index (χ2v) is 10.1. The number of nitrogens with zero attached hydrogens (tertiary/aromatic N) is 3. The van der Waals surface area contributed by atoms with Crippen molar-refractivity contribution in [1.82, 2.24) is 10.2 Å². The van der Waals surface area contributed by atoms with Crippen LogP contribution < -0.4 is 10.2 Å². The van der Waals surface area contributed by atoms with Gasteiger partial charge in [0.25, 0.3) is 0 Å². The topological polar surface area (TPSA) is 76.4 Å². The van der Waals surface area contributed by atoms with Crippen LogP contribution in [0, 0.1) is 34.5 Å². The Morgan fingerprint density at radius 2 is 1.88 bits per heavy atom. The van der Waals surface area contributed by atoms with Gasteiger partial charge < -0.3 is 15.1 Å². The fraction of sp³-hybridized carbons (Fsp3) is 0.640. The summed E-state index contributed by atoms with van der Waals surface area (Å²) in [5.41, 5.74) is -1.12. The van der Waals surface area contributed by atoms with E-state index in [1.807, 2.05) is 23.6 Å². The van der Waals surface area contributed by atoms with Gasteiger partial charge in [-0.3, -0.25) is 9.59 Å². The molecule has 2 saturated heterocycles. The number of nitriles is 1. The number of amides is 2. The maximum atomic E-state index is 13.4. The van der Waals surface area contributed by atoms with Gasteiger partial charge in [0.15, 0.2) is 0 Å². The zero-order chi connectivity index (χ0) is 24.7. The molecule has 0 radical (unpaired) electrons. The summed E-state index contributed by atoms with van der Waals surface area (Å²) in [4.78, 5) is 29.5. The predicted octanol–water partition coefficient (Wildman–Crippen LogP) is 3.80. The summed E-state index contributed by atoms with van der Waals surface area (Å²) in [7, 11) is 0. The molecule has 1 aliphatic carbocycles. The molecule has 184 valence electrons. The maximum Gasteiger partial charge on any atom is 0.417 e. The van der Waals surface area contributed by atoms with E-state index < -0.39 is 11.7 Å². The summed E-state index contributed by atoms with van der Waals surface area (Å²) in [5.74, 6) is 0.127. The molecule has 1 N–H and O–H groups in total. The minimum Gasteiger partial charge on any atom is -0.372 e. The van der Waals surface area contributed by atoms with E-state index >= 15 is 0 Å². The lowest BCUT2D eigenvalue weighted by molar-refractivity contribution is -0.138. The fourth-order valence-corrected chi connectivity index (χ4v) is 5.49. The summed E-state index contributed by atoms with van der Waals surface area (Å²) in [5, 5.41) is 12.0. The van der Waals surface area contributed by atoms with Gasteiger partial charge in [-0.15, -0.1) is 0 Å². The zero-order valence-electron chi connectivity index (χ0n) is 19.6. The van der Waals surface area contributed by atoms with Crippen molar-refractivity contribution in [3.8, 4) is 6.07 Å². The molecule has 4 rings (SSSR count).